The zero-order valence-corrected chi connectivity index (χ0v) is 21.0. The van der Waals surface area contributed by atoms with Crippen LogP contribution in [0.3, 0.4) is 0 Å². The van der Waals surface area contributed by atoms with Crippen molar-refractivity contribution < 1.29 is 18.3 Å². The number of halogens is 2. The maximum absolute atomic E-state index is 14.7. The van der Waals surface area contributed by atoms with E-state index in [0.717, 1.165) is 42.2 Å². The number of benzene rings is 2. The van der Waals surface area contributed by atoms with E-state index < -0.39 is 23.8 Å². The minimum atomic E-state index is -0.677. The Hall–Kier alpha value is -3.04. The molecule has 1 amide bonds. The standard InChI is InChI=1S/C27H30F2N4O2S/c1-2-6-19-13-31-26(32-14-19)25(24-12-22(36)15-30-24)33(16-20-11-21(28)9-10-23(20)29)27(34)35-17-18-7-4-3-5-8-18/h3-5,7-11,13-14,22,24-25,30,36H,2,6,12,15-17H2,1H3. The Balaban J connectivity index is 1.69. The van der Waals surface area contributed by atoms with E-state index in [2.05, 4.69) is 34.8 Å². The number of amides is 1. The summed E-state index contributed by atoms with van der Waals surface area (Å²) in [6.45, 7) is 2.54. The van der Waals surface area contributed by atoms with Crippen LogP contribution in [0.4, 0.5) is 13.6 Å². The number of rotatable bonds is 9. The van der Waals surface area contributed by atoms with Crippen LogP contribution in [0, 0.1) is 11.6 Å². The van der Waals surface area contributed by atoms with Gasteiger partial charge in [-0.25, -0.2) is 23.5 Å². The van der Waals surface area contributed by atoms with Crippen molar-refractivity contribution in [3.05, 3.63) is 95.1 Å². The van der Waals surface area contributed by atoms with Gasteiger partial charge in [-0.15, -0.1) is 0 Å². The molecule has 1 saturated heterocycles. The number of nitrogens with zero attached hydrogens (tertiary/aromatic N) is 3. The van der Waals surface area contributed by atoms with Crippen molar-refractivity contribution in [1.29, 1.82) is 0 Å². The van der Waals surface area contributed by atoms with Crippen LogP contribution in [-0.2, 0) is 24.3 Å². The molecule has 9 heteroatoms. The zero-order chi connectivity index (χ0) is 25.5. The molecule has 1 N–H and O–H groups in total. The first-order chi connectivity index (χ1) is 17.4. The average molecular weight is 513 g/mol. The lowest BCUT2D eigenvalue weighted by Crippen LogP contribution is -2.45. The van der Waals surface area contributed by atoms with Gasteiger partial charge in [-0.1, -0.05) is 43.7 Å². The molecule has 36 heavy (non-hydrogen) atoms. The van der Waals surface area contributed by atoms with E-state index in [4.69, 9.17) is 4.74 Å². The largest absolute Gasteiger partial charge is 0.445 e. The molecule has 1 aliphatic rings. The Labute approximate surface area is 215 Å². The van der Waals surface area contributed by atoms with Gasteiger partial charge in [0.25, 0.3) is 0 Å². The third-order valence-corrected chi connectivity index (χ3v) is 6.57. The summed E-state index contributed by atoms with van der Waals surface area (Å²) >= 11 is 4.59. The van der Waals surface area contributed by atoms with Crippen LogP contribution in [0.2, 0.25) is 0 Å². The van der Waals surface area contributed by atoms with Gasteiger partial charge in [-0.3, -0.25) is 4.90 Å². The molecule has 1 aromatic heterocycles. The van der Waals surface area contributed by atoms with E-state index in [1.54, 1.807) is 12.4 Å². The predicted molar refractivity (Wildman–Crippen MR) is 136 cm³/mol. The quantitative estimate of drug-likeness (QED) is 0.384. The first kappa shape index (κ1) is 26.0. The van der Waals surface area contributed by atoms with Crippen LogP contribution in [0.15, 0.2) is 60.9 Å². The van der Waals surface area contributed by atoms with Gasteiger partial charge in [0, 0.05) is 35.8 Å². The highest BCUT2D eigenvalue weighted by Gasteiger charge is 2.39. The van der Waals surface area contributed by atoms with Crippen molar-refractivity contribution in [3.8, 4) is 0 Å². The number of nitrogens with one attached hydrogen (secondary N) is 1. The summed E-state index contributed by atoms with van der Waals surface area (Å²) < 4.78 is 34.3. The number of hydrogen-bond donors (Lipinski definition) is 2. The van der Waals surface area contributed by atoms with Gasteiger partial charge < -0.3 is 10.1 Å². The van der Waals surface area contributed by atoms with Crippen LogP contribution in [-0.4, -0.2) is 38.8 Å². The van der Waals surface area contributed by atoms with Crippen molar-refractivity contribution in [2.24, 2.45) is 0 Å². The molecule has 0 radical (unpaired) electrons. The summed E-state index contributed by atoms with van der Waals surface area (Å²) in [4.78, 5) is 24.1. The number of carbonyl (C=O) groups excluding carboxylic acids is 1. The van der Waals surface area contributed by atoms with Gasteiger partial charge in [-0.05, 0) is 42.2 Å². The van der Waals surface area contributed by atoms with E-state index in [1.807, 2.05) is 30.3 Å². The Kier molecular flexibility index (Phi) is 8.88. The lowest BCUT2D eigenvalue weighted by Gasteiger charge is -2.34. The highest BCUT2D eigenvalue weighted by atomic mass is 32.1. The average Bonchev–Trinajstić information content (AvgIpc) is 3.31. The van der Waals surface area contributed by atoms with Crippen molar-refractivity contribution in [3.63, 3.8) is 0 Å². The summed E-state index contributed by atoms with van der Waals surface area (Å²) in [7, 11) is 0. The topological polar surface area (TPSA) is 67.4 Å². The first-order valence-corrected chi connectivity index (χ1v) is 12.6. The molecule has 0 aliphatic carbocycles. The van der Waals surface area contributed by atoms with Gasteiger partial charge >= 0.3 is 6.09 Å². The zero-order valence-electron chi connectivity index (χ0n) is 20.1. The minimum Gasteiger partial charge on any atom is -0.445 e. The first-order valence-electron chi connectivity index (χ1n) is 12.1. The van der Waals surface area contributed by atoms with Crippen LogP contribution in [0.5, 0.6) is 0 Å². The third kappa shape index (κ3) is 6.59. The van der Waals surface area contributed by atoms with Gasteiger partial charge in [0.1, 0.15) is 24.3 Å². The fourth-order valence-corrected chi connectivity index (χ4v) is 4.72. The number of aromatic nitrogens is 2. The number of hydrogen-bond acceptors (Lipinski definition) is 6. The second kappa shape index (κ2) is 12.3. The van der Waals surface area contributed by atoms with Crippen LogP contribution >= 0.6 is 12.6 Å². The Morgan fingerprint density at radius 1 is 1.17 bits per heavy atom. The second-order valence-electron chi connectivity index (χ2n) is 8.95. The number of thiol groups is 1. The molecular weight excluding hydrogens is 482 g/mol. The van der Waals surface area contributed by atoms with Gasteiger partial charge in [-0.2, -0.15) is 12.6 Å². The van der Waals surface area contributed by atoms with E-state index in [9.17, 15) is 13.6 Å². The molecule has 3 atom stereocenters. The van der Waals surface area contributed by atoms with E-state index in [1.165, 1.54) is 4.90 Å². The molecule has 2 aromatic carbocycles. The molecule has 2 heterocycles. The third-order valence-electron chi connectivity index (χ3n) is 6.18. The van der Waals surface area contributed by atoms with Crippen molar-refractivity contribution in [2.75, 3.05) is 6.54 Å². The van der Waals surface area contributed by atoms with Gasteiger partial charge in [0.15, 0.2) is 5.82 Å². The normalized spacial score (nSPS) is 18.1. The molecule has 0 bridgehead atoms. The van der Waals surface area contributed by atoms with Crippen molar-refractivity contribution >= 4 is 18.7 Å². The van der Waals surface area contributed by atoms with Crippen LogP contribution in [0.25, 0.3) is 0 Å². The monoisotopic (exact) mass is 512 g/mol. The van der Waals surface area contributed by atoms with Crippen molar-refractivity contribution in [2.45, 2.75) is 56.7 Å². The van der Waals surface area contributed by atoms with Crippen LogP contribution in [0.1, 0.15) is 48.3 Å². The SMILES string of the molecule is CCCc1cnc(C(C2CC(S)CN2)N(Cc2cc(F)ccc2F)C(=O)OCc2ccccc2)nc1. The Morgan fingerprint density at radius 3 is 2.58 bits per heavy atom. The number of carbonyl (C=O) groups is 1. The fourth-order valence-electron chi connectivity index (χ4n) is 4.39. The number of aryl methyl sites for hydroxylation is 1. The molecular formula is C27H30F2N4O2S. The molecule has 6 nitrogen and oxygen atoms in total. The highest BCUT2D eigenvalue weighted by Crippen LogP contribution is 2.31. The summed E-state index contributed by atoms with van der Waals surface area (Å²) in [6, 6.07) is 11.6. The molecule has 1 aliphatic heterocycles. The molecule has 3 unspecified atom stereocenters. The van der Waals surface area contributed by atoms with Crippen molar-refractivity contribution in [1.82, 2.24) is 20.2 Å². The molecule has 3 aromatic rings. The Bertz CT molecular complexity index is 1150. The van der Waals surface area contributed by atoms with Crippen LogP contribution < -0.4 is 5.32 Å². The molecule has 1 fully saturated rings. The number of ether oxygens (including phenoxy) is 1. The molecule has 0 saturated carbocycles. The summed E-state index contributed by atoms with van der Waals surface area (Å²) in [6.07, 6.45) is 5.27. The maximum Gasteiger partial charge on any atom is 0.411 e. The summed E-state index contributed by atoms with van der Waals surface area (Å²) in [5, 5.41) is 3.47. The summed E-state index contributed by atoms with van der Waals surface area (Å²) in [5.41, 5.74) is 1.84. The van der Waals surface area contributed by atoms with E-state index >= 15 is 0 Å². The minimum absolute atomic E-state index is 0.0398. The lowest BCUT2D eigenvalue weighted by atomic mass is 10.0. The molecule has 4 rings (SSSR count). The molecule has 0 spiro atoms. The Morgan fingerprint density at radius 2 is 1.92 bits per heavy atom. The highest BCUT2D eigenvalue weighted by molar-refractivity contribution is 7.81. The molecule has 190 valence electrons. The maximum atomic E-state index is 14.7. The van der Waals surface area contributed by atoms with Gasteiger partial charge in [0.05, 0.1) is 6.54 Å². The lowest BCUT2D eigenvalue weighted by molar-refractivity contribution is 0.0665. The second-order valence-corrected chi connectivity index (χ2v) is 9.68. The predicted octanol–water partition coefficient (Wildman–Crippen LogP) is 5.25. The van der Waals surface area contributed by atoms with E-state index in [-0.39, 0.29) is 30.0 Å². The fraction of sp³-hybridized carbons (Fsp3) is 0.370. The summed E-state index contributed by atoms with van der Waals surface area (Å²) in [5.74, 6) is -0.792. The van der Waals surface area contributed by atoms with E-state index in [0.29, 0.717) is 18.8 Å². The smallest absolute Gasteiger partial charge is 0.411 e. The van der Waals surface area contributed by atoms with Gasteiger partial charge in [0.2, 0.25) is 0 Å².